The maximum Gasteiger partial charge on any atom is 0.125 e. The minimum absolute atomic E-state index is 0.541. The van der Waals surface area contributed by atoms with Crippen molar-refractivity contribution in [2.45, 2.75) is 26.0 Å². The number of ether oxygens (including phenoxy) is 1. The molecule has 0 spiro atoms. The number of imidazole rings is 1. The summed E-state index contributed by atoms with van der Waals surface area (Å²) in [5, 5.41) is 9.72. The van der Waals surface area contributed by atoms with Gasteiger partial charge in [-0.3, -0.25) is 0 Å². The molecular weight excluding hydrogens is 308 g/mol. The largest absolute Gasteiger partial charge is 0.493 e. The maximum absolute atomic E-state index is 9.72. The second kappa shape index (κ2) is 6.73. The predicted octanol–water partition coefficient (Wildman–Crippen LogP) is 3.17. The number of aliphatic hydroxyl groups is 1. The van der Waals surface area contributed by atoms with Crippen molar-refractivity contribution in [2.75, 3.05) is 6.61 Å². The summed E-state index contributed by atoms with van der Waals surface area (Å²) in [6.45, 7) is 3.22. The fourth-order valence-corrected chi connectivity index (χ4v) is 2.20. The van der Waals surface area contributed by atoms with Crippen molar-refractivity contribution >= 4 is 15.9 Å². The second-order valence-electron chi connectivity index (χ2n) is 4.36. The highest BCUT2D eigenvalue weighted by molar-refractivity contribution is 9.10. The van der Waals surface area contributed by atoms with Gasteiger partial charge in [0.05, 0.1) is 19.0 Å². The van der Waals surface area contributed by atoms with E-state index in [1.807, 2.05) is 29.0 Å². The van der Waals surface area contributed by atoms with E-state index in [2.05, 4.69) is 20.9 Å². The van der Waals surface area contributed by atoms with Gasteiger partial charge < -0.3 is 14.4 Å². The van der Waals surface area contributed by atoms with E-state index in [0.717, 1.165) is 28.8 Å². The normalized spacial score (nSPS) is 12.4. The molecule has 0 aliphatic heterocycles. The Balaban J connectivity index is 1.88. The van der Waals surface area contributed by atoms with Gasteiger partial charge in [0.1, 0.15) is 5.75 Å². The standard InChI is InChI=1S/C14H17BrN2O2/c1-11(18)13-9-12(15)3-4-14(13)19-8-2-6-17-7-5-16-10-17/h3-5,7,9-11,18H,2,6,8H2,1H3/t11-/m1/s1. The van der Waals surface area contributed by atoms with Crippen molar-refractivity contribution in [3.63, 3.8) is 0 Å². The van der Waals surface area contributed by atoms with Crippen LogP contribution in [0.1, 0.15) is 25.0 Å². The lowest BCUT2D eigenvalue weighted by molar-refractivity contribution is 0.190. The Morgan fingerprint density at radius 3 is 3.00 bits per heavy atom. The summed E-state index contributed by atoms with van der Waals surface area (Å²) in [5.74, 6) is 0.740. The molecule has 19 heavy (non-hydrogen) atoms. The van der Waals surface area contributed by atoms with Gasteiger partial charge in [-0.05, 0) is 31.5 Å². The molecule has 0 amide bonds. The summed E-state index contributed by atoms with van der Waals surface area (Å²) in [6.07, 6.45) is 5.84. The van der Waals surface area contributed by atoms with Crippen LogP contribution in [0, 0.1) is 0 Å². The van der Waals surface area contributed by atoms with Crippen molar-refractivity contribution in [1.29, 1.82) is 0 Å². The van der Waals surface area contributed by atoms with Crippen molar-refractivity contribution in [3.05, 3.63) is 47.0 Å². The topological polar surface area (TPSA) is 47.3 Å². The van der Waals surface area contributed by atoms with Crippen LogP contribution in [-0.2, 0) is 6.54 Å². The van der Waals surface area contributed by atoms with Crippen LogP contribution in [-0.4, -0.2) is 21.3 Å². The quantitative estimate of drug-likeness (QED) is 0.830. The second-order valence-corrected chi connectivity index (χ2v) is 5.28. The summed E-state index contributed by atoms with van der Waals surface area (Å²) in [6, 6.07) is 5.68. The Morgan fingerprint density at radius 1 is 1.47 bits per heavy atom. The summed E-state index contributed by atoms with van der Waals surface area (Å²) < 4.78 is 8.69. The molecule has 0 aliphatic rings. The minimum atomic E-state index is -0.541. The van der Waals surface area contributed by atoms with Crippen LogP contribution in [0.4, 0.5) is 0 Å². The van der Waals surface area contributed by atoms with Crippen LogP contribution in [0.2, 0.25) is 0 Å². The summed E-state index contributed by atoms with van der Waals surface area (Å²) in [7, 11) is 0. The van der Waals surface area contributed by atoms with Gasteiger partial charge in [-0.2, -0.15) is 0 Å². The first-order valence-corrected chi connectivity index (χ1v) is 7.02. The third-order valence-corrected chi connectivity index (χ3v) is 3.29. The molecule has 5 heteroatoms. The Labute approximate surface area is 121 Å². The predicted molar refractivity (Wildman–Crippen MR) is 77.1 cm³/mol. The molecule has 0 radical (unpaired) electrons. The number of aromatic nitrogens is 2. The SMILES string of the molecule is C[C@@H](O)c1cc(Br)ccc1OCCCn1ccnc1. The molecule has 0 saturated carbocycles. The minimum Gasteiger partial charge on any atom is -0.493 e. The Kier molecular flexibility index (Phi) is 4.99. The molecule has 0 unspecified atom stereocenters. The Morgan fingerprint density at radius 2 is 2.32 bits per heavy atom. The van der Waals surface area contributed by atoms with E-state index in [0.29, 0.717) is 6.61 Å². The number of halogens is 1. The zero-order valence-electron chi connectivity index (χ0n) is 10.8. The number of benzene rings is 1. The van der Waals surface area contributed by atoms with Crippen LogP contribution in [0.5, 0.6) is 5.75 Å². The van der Waals surface area contributed by atoms with Gasteiger partial charge in [0, 0.05) is 29.0 Å². The van der Waals surface area contributed by atoms with Crippen LogP contribution < -0.4 is 4.74 Å². The number of hydrogen-bond donors (Lipinski definition) is 1. The molecule has 1 aromatic heterocycles. The van der Waals surface area contributed by atoms with Gasteiger partial charge in [0.15, 0.2) is 0 Å². The third-order valence-electron chi connectivity index (χ3n) is 2.80. The first kappa shape index (κ1) is 14.1. The van der Waals surface area contributed by atoms with E-state index in [-0.39, 0.29) is 0 Å². The molecule has 0 fully saturated rings. The lowest BCUT2D eigenvalue weighted by Gasteiger charge is -2.14. The number of hydrogen-bond acceptors (Lipinski definition) is 3. The fraction of sp³-hybridized carbons (Fsp3) is 0.357. The molecule has 1 atom stereocenters. The molecular formula is C14H17BrN2O2. The van der Waals surface area contributed by atoms with Crippen molar-refractivity contribution < 1.29 is 9.84 Å². The zero-order valence-corrected chi connectivity index (χ0v) is 12.4. The summed E-state index contributed by atoms with van der Waals surface area (Å²) >= 11 is 3.40. The van der Waals surface area contributed by atoms with Gasteiger partial charge in [-0.15, -0.1) is 0 Å². The molecule has 1 N–H and O–H groups in total. The molecule has 4 nitrogen and oxygen atoms in total. The summed E-state index contributed by atoms with van der Waals surface area (Å²) in [4.78, 5) is 3.99. The van der Waals surface area contributed by atoms with Crippen LogP contribution >= 0.6 is 15.9 Å². The Hall–Kier alpha value is -1.33. The average Bonchev–Trinajstić information content (AvgIpc) is 2.89. The lowest BCUT2D eigenvalue weighted by Crippen LogP contribution is -2.05. The van der Waals surface area contributed by atoms with Crippen LogP contribution in [0.25, 0.3) is 0 Å². The lowest BCUT2D eigenvalue weighted by atomic mass is 10.1. The number of rotatable bonds is 6. The number of nitrogens with zero attached hydrogens (tertiary/aromatic N) is 2. The maximum atomic E-state index is 9.72. The molecule has 1 aromatic carbocycles. The number of aliphatic hydroxyl groups excluding tert-OH is 1. The average molecular weight is 325 g/mol. The van der Waals surface area contributed by atoms with Gasteiger partial charge in [-0.25, -0.2) is 4.98 Å². The monoisotopic (exact) mass is 324 g/mol. The van der Waals surface area contributed by atoms with E-state index >= 15 is 0 Å². The zero-order chi connectivity index (χ0) is 13.7. The van der Waals surface area contributed by atoms with E-state index in [1.165, 1.54) is 0 Å². The molecule has 2 rings (SSSR count). The molecule has 102 valence electrons. The Bertz CT molecular complexity index is 512. The van der Waals surface area contributed by atoms with Gasteiger partial charge in [0.25, 0.3) is 0 Å². The van der Waals surface area contributed by atoms with E-state index in [4.69, 9.17) is 4.74 Å². The fourth-order valence-electron chi connectivity index (χ4n) is 1.83. The highest BCUT2D eigenvalue weighted by atomic mass is 79.9. The van der Waals surface area contributed by atoms with E-state index in [9.17, 15) is 5.11 Å². The molecule has 1 heterocycles. The van der Waals surface area contributed by atoms with Crippen LogP contribution in [0.15, 0.2) is 41.4 Å². The first-order chi connectivity index (χ1) is 9.16. The first-order valence-electron chi connectivity index (χ1n) is 6.23. The van der Waals surface area contributed by atoms with Crippen molar-refractivity contribution in [1.82, 2.24) is 9.55 Å². The van der Waals surface area contributed by atoms with Crippen molar-refractivity contribution in [2.24, 2.45) is 0 Å². The molecule has 0 saturated heterocycles. The number of aryl methyl sites for hydroxylation is 1. The molecule has 0 aliphatic carbocycles. The molecule has 2 aromatic rings. The third kappa shape index (κ3) is 4.08. The van der Waals surface area contributed by atoms with Gasteiger partial charge >= 0.3 is 0 Å². The van der Waals surface area contributed by atoms with Gasteiger partial charge in [-0.1, -0.05) is 15.9 Å². The van der Waals surface area contributed by atoms with E-state index in [1.54, 1.807) is 19.4 Å². The summed E-state index contributed by atoms with van der Waals surface area (Å²) in [5.41, 5.74) is 0.803. The highest BCUT2D eigenvalue weighted by Gasteiger charge is 2.09. The van der Waals surface area contributed by atoms with E-state index < -0.39 is 6.10 Å². The molecule has 0 bridgehead atoms. The van der Waals surface area contributed by atoms with Crippen LogP contribution in [0.3, 0.4) is 0 Å². The van der Waals surface area contributed by atoms with Gasteiger partial charge in [0.2, 0.25) is 0 Å². The highest BCUT2D eigenvalue weighted by Crippen LogP contribution is 2.28. The smallest absolute Gasteiger partial charge is 0.125 e. The van der Waals surface area contributed by atoms with Crippen molar-refractivity contribution in [3.8, 4) is 5.75 Å².